The van der Waals surface area contributed by atoms with Crippen molar-refractivity contribution in [2.24, 2.45) is 5.41 Å². The van der Waals surface area contributed by atoms with E-state index in [1.807, 2.05) is 18.2 Å². The van der Waals surface area contributed by atoms with E-state index in [1.54, 1.807) is 6.07 Å². The van der Waals surface area contributed by atoms with Gasteiger partial charge in [-0.1, -0.05) is 0 Å². The van der Waals surface area contributed by atoms with Crippen LogP contribution in [0.1, 0.15) is 50.3 Å². The number of nitrogen functional groups attached to an aromatic ring is 1. The summed E-state index contributed by atoms with van der Waals surface area (Å²) in [6.07, 6.45) is 6.12. The van der Waals surface area contributed by atoms with Gasteiger partial charge in [0.2, 0.25) is 5.91 Å². The van der Waals surface area contributed by atoms with Crippen molar-refractivity contribution < 1.29 is 9.53 Å². The number of nitrogens with one attached hydrogen (secondary N) is 2. The maximum atomic E-state index is 11.7. The molecule has 5 rings (SSSR count). The molecular formula is C23H28N6O2. The number of benzene rings is 1. The summed E-state index contributed by atoms with van der Waals surface area (Å²) in [5.41, 5.74) is 8.10. The predicted molar refractivity (Wildman–Crippen MR) is 119 cm³/mol. The number of amides is 1. The number of carbonyl (C=O) groups excluding carboxylic acids is 1. The van der Waals surface area contributed by atoms with Crippen molar-refractivity contribution in [2.45, 2.75) is 44.6 Å². The number of nitrogens with two attached hydrogens (primary N) is 1. The Morgan fingerprint density at radius 2 is 1.97 bits per heavy atom. The Bertz CT molecular complexity index is 1040. The molecular weight excluding hydrogens is 392 g/mol. The quantitative estimate of drug-likeness (QED) is 0.505. The number of ether oxygens (including phenoxy) is 1. The lowest BCUT2D eigenvalue weighted by atomic mass is 9.77. The molecule has 2 saturated heterocycles. The number of anilines is 2. The highest BCUT2D eigenvalue weighted by Crippen LogP contribution is 2.40. The number of nitrogens with zero attached hydrogens (tertiary/aromatic N) is 3. The van der Waals surface area contributed by atoms with Crippen LogP contribution >= 0.6 is 0 Å². The molecule has 1 aromatic heterocycles. The van der Waals surface area contributed by atoms with E-state index in [-0.39, 0.29) is 22.6 Å². The van der Waals surface area contributed by atoms with Gasteiger partial charge in [0.05, 0.1) is 11.4 Å². The highest BCUT2D eigenvalue weighted by Gasteiger charge is 2.41. The predicted octanol–water partition coefficient (Wildman–Crippen LogP) is 2.51. The molecule has 0 radical (unpaired) electrons. The molecule has 4 N–H and O–H groups in total. The first-order valence-corrected chi connectivity index (χ1v) is 10.9. The third kappa shape index (κ3) is 3.94. The van der Waals surface area contributed by atoms with Crippen LogP contribution < -0.4 is 20.7 Å². The van der Waals surface area contributed by atoms with Gasteiger partial charge in [-0.05, 0) is 56.2 Å². The monoisotopic (exact) mass is 420 g/mol. The first-order valence-electron chi connectivity index (χ1n) is 10.9. The van der Waals surface area contributed by atoms with Crippen LogP contribution in [0.4, 0.5) is 11.5 Å². The van der Waals surface area contributed by atoms with Crippen LogP contribution in [-0.4, -0.2) is 46.8 Å². The fourth-order valence-corrected chi connectivity index (χ4v) is 4.49. The maximum Gasteiger partial charge on any atom is 0.220 e. The van der Waals surface area contributed by atoms with Gasteiger partial charge in [-0.25, -0.2) is 9.97 Å². The molecule has 8 nitrogen and oxygen atoms in total. The highest BCUT2D eigenvalue weighted by molar-refractivity contribution is 6.13. The van der Waals surface area contributed by atoms with Crippen molar-refractivity contribution in [3.05, 3.63) is 41.9 Å². The minimum Gasteiger partial charge on any atom is -0.488 e. The molecule has 3 fully saturated rings. The lowest BCUT2D eigenvalue weighted by molar-refractivity contribution is -0.119. The molecule has 31 heavy (non-hydrogen) atoms. The van der Waals surface area contributed by atoms with Crippen LogP contribution in [0.3, 0.4) is 0 Å². The van der Waals surface area contributed by atoms with Gasteiger partial charge >= 0.3 is 0 Å². The van der Waals surface area contributed by atoms with Crippen molar-refractivity contribution in [3.8, 4) is 5.75 Å². The number of rotatable bonds is 5. The molecule has 0 unspecified atom stereocenters. The molecule has 3 aliphatic rings. The summed E-state index contributed by atoms with van der Waals surface area (Å²) in [6.45, 7) is 4.53. The minimum atomic E-state index is -0.0945. The van der Waals surface area contributed by atoms with E-state index in [4.69, 9.17) is 15.9 Å². The van der Waals surface area contributed by atoms with Crippen LogP contribution in [-0.2, 0) is 4.79 Å². The summed E-state index contributed by atoms with van der Waals surface area (Å²) in [6, 6.07) is 7.33. The normalized spacial score (nSPS) is 21.1. The standard InChI is InChI=1S/C23H28N6O2/c1-22(4-5-22)31-15-2-3-17(24)16(10-15)21(25)18-11-19(28-14-27-18)29-8-6-23(7-9-29)12-20(30)26-13-23/h2-3,10-11,14,25H,4-9,12-13,24H2,1H3,(H,26,30). The van der Waals surface area contributed by atoms with E-state index in [1.165, 1.54) is 6.33 Å². The zero-order valence-electron chi connectivity index (χ0n) is 17.8. The highest BCUT2D eigenvalue weighted by atomic mass is 16.5. The molecule has 8 heteroatoms. The van der Waals surface area contributed by atoms with E-state index in [0.29, 0.717) is 23.4 Å². The third-order valence-corrected chi connectivity index (χ3v) is 6.87. The summed E-state index contributed by atoms with van der Waals surface area (Å²) in [7, 11) is 0. The molecule has 1 aliphatic carbocycles. The van der Waals surface area contributed by atoms with E-state index in [0.717, 1.165) is 56.9 Å². The fourth-order valence-electron chi connectivity index (χ4n) is 4.49. The van der Waals surface area contributed by atoms with Gasteiger partial charge in [0, 0.05) is 43.4 Å². The third-order valence-electron chi connectivity index (χ3n) is 6.87. The molecule has 0 atom stereocenters. The lowest BCUT2D eigenvalue weighted by Crippen LogP contribution is -2.41. The fraction of sp³-hybridized carbons (Fsp3) is 0.478. The Hall–Kier alpha value is -3.16. The molecule has 1 amide bonds. The summed E-state index contributed by atoms with van der Waals surface area (Å²) in [5.74, 6) is 1.69. The Morgan fingerprint density at radius 1 is 1.19 bits per heavy atom. The molecule has 1 spiro atoms. The van der Waals surface area contributed by atoms with Crippen molar-refractivity contribution >= 4 is 23.1 Å². The lowest BCUT2D eigenvalue weighted by Gasteiger charge is -2.38. The topological polar surface area (TPSA) is 117 Å². The van der Waals surface area contributed by atoms with Crippen LogP contribution in [0.5, 0.6) is 5.75 Å². The molecule has 2 aromatic rings. The Balaban J connectivity index is 1.33. The van der Waals surface area contributed by atoms with Gasteiger partial charge in [0.15, 0.2) is 0 Å². The van der Waals surface area contributed by atoms with Gasteiger partial charge in [0.25, 0.3) is 0 Å². The molecule has 1 aromatic carbocycles. The molecule has 1 saturated carbocycles. The van der Waals surface area contributed by atoms with Crippen LogP contribution in [0, 0.1) is 10.8 Å². The van der Waals surface area contributed by atoms with Gasteiger partial charge < -0.3 is 20.7 Å². The van der Waals surface area contributed by atoms with Crippen LogP contribution in [0.2, 0.25) is 0 Å². The van der Waals surface area contributed by atoms with Crippen LogP contribution in [0.15, 0.2) is 30.6 Å². The number of aromatic nitrogens is 2. The Labute approximate surface area is 181 Å². The van der Waals surface area contributed by atoms with E-state index < -0.39 is 0 Å². The second-order valence-electron chi connectivity index (χ2n) is 9.38. The zero-order valence-corrected chi connectivity index (χ0v) is 17.8. The van der Waals surface area contributed by atoms with Crippen LogP contribution in [0.25, 0.3) is 0 Å². The van der Waals surface area contributed by atoms with Gasteiger partial charge in [-0.3, -0.25) is 10.2 Å². The van der Waals surface area contributed by atoms with Gasteiger partial charge in [0.1, 0.15) is 23.5 Å². The van der Waals surface area contributed by atoms with E-state index >= 15 is 0 Å². The van der Waals surface area contributed by atoms with Crippen molar-refractivity contribution in [2.75, 3.05) is 30.3 Å². The number of piperidine rings is 1. The van der Waals surface area contributed by atoms with Crippen molar-refractivity contribution in [1.29, 1.82) is 5.41 Å². The number of hydrogen-bond acceptors (Lipinski definition) is 7. The summed E-state index contributed by atoms with van der Waals surface area (Å²) >= 11 is 0. The smallest absolute Gasteiger partial charge is 0.220 e. The molecule has 0 bridgehead atoms. The van der Waals surface area contributed by atoms with E-state index in [9.17, 15) is 4.79 Å². The van der Waals surface area contributed by atoms with E-state index in [2.05, 4.69) is 27.1 Å². The Kier molecular flexibility index (Phi) is 4.60. The number of hydrogen-bond donors (Lipinski definition) is 3. The summed E-state index contributed by atoms with van der Waals surface area (Å²) in [5, 5.41) is 11.7. The minimum absolute atomic E-state index is 0.0865. The Morgan fingerprint density at radius 3 is 2.65 bits per heavy atom. The SMILES string of the molecule is CC1(Oc2ccc(N)c(C(=N)c3cc(N4CCC5(CC4)CNC(=O)C5)ncn3)c2)CC1. The van der Waals surface area contributed by atoms with Crippen molar-refractivity contribution in [3.63, 3.8) is 0 Å². The second-order valence-corrected chi connectivity index (χ2v) is 9.38. The summed E-state index contributed by atoms with van der Waals surface area (Å²) in [4.78, 5) is 22.7. The first-order chi connectivity index (χ1) is 14.8. The molecule has 2 aliphatic heterocycles. The maximum absolute atomic E-state index is 11.7. The first kappa shape index (κ1) is 19.8. The molecule has 162 valence electrons. The van der Waals surface area contributed by atoms with Gasteiger partial charge in [-0.15, -0.1) is 0 Å². The second kappa shape index (κ2) is 7.21. The summed E-state index contributed by atoms with van der Waals surface area (Å²) < 4.78 is 6.04. The number of carbonyl (C=O) groups is 1. The van der Waals surface area contributed by atoms with Crippen molar-refractivity contribution in [1.82, 2.24) is 15.3 Å². The average molecular weight is 421 g/mol. The zero-order chi connectivity index (χ0) is 21.6. The largest absolute Gasteiger partial charge is 0.488 e. The van der Waals surface area contributed by atoms with Gasteiger partial charge in [-0.2, -0.15) is 0 Å². The molecule has 3 heterocycles. The average Bonchev–Trinajstić information content (AvgIpc) is 3.39.